The number of halogens is 1. The molecule has 0 spiro atoms. The molecule has 3 rings (SSSR count). The van der Waals surface area contributed by atoms with E-state index in [0.29, 0.717) is 16.4 Å². The average molecular weight is 366 g/mol. The predicted molar refractivity (Wildman–Crippen MR) is 101 cm³/mol. The number of para-hydroxylation sites is 1. The molecule has 0 atom stereocenters. The van der Waals surface area contributed by atoms with Crippen LogP contribution in [0.1, 0.15) is 23.0 Å². The lowest BCUT2D eigenvalue weighted by Crippen LogP contribution is -2.22. The number of anilines is 2. The summed E-state index contributed by atoms with van der Waals surface area (Å²) in [5, 5.41) is 2.29. The molecule has 0 radical (unpaired) electrons. The highest BCUT2D eigenvalue weighted by molar-refractivity contribution is 7.14. The molecular formula is C20H15FN2O2S. The second kappa shape index (κ2) is 7.84. The molecule has 0 bridgehead atoms. The second-order valence-corrected chi connectivity index (χ2v) is 6.29. The van der Waals surface area contributed by atoms with Crippen LogP contribution in [0.25, 0.3) is 6.08 Å². The van der Waals surface area contributed by atoms with Gasteiger partial charge in [-0.25, -0.2) is 9.37 Å². The highest BCUT2D eigenvalue weighted by Gasteiger charge is 2.17. The van der Waals surface area contributed by atoms with Crippen molar-refractivity contribution in [3.8, 4) is 0 Å². The summed E-state index contributed by atoms with van der Waals surface area (Å²) in [6.45, 7) is 1.47. The molecule has 0 unspecified atom stereocenters. The zero-order valence-corrected chi connectivity index (χ0v) is 14.7. The maximum atomic E-state index is 12.9. The summed E-state index contributed by atoms with van der Waals surface area (Å²) in [4.78, 5) is 30.1. The molecule has 1 amide bonds. The number of hydrogen-bond acceptors (Lipinski definition) is 4. The highest BCUT2D eigenvalue weighted by Crippen LogP contribution is 2.29. The standard InChI is InChI=1S/C20H15FN2O2S/c1-14(24)23(18-5-3-2-4-6-18)20-22-17(13-26-20)11-12-19(25)15-7-9-16(21)10-8-15/h2-13H,1H3/b12-11+. The Balaban J connectivity index is 1.79. The van der Waals surface area contributed by atoms with Gasteiger partial charge in [0, 0.05) is 17.9 Å². The van der Waals surface area contributed by atoms with Crippen LogP contribution in [0, 0.1) is 5.82 Å². The van der Waals surface area contributed by atoms with Gasteiger partial charge in [0.2, 0.25) is 5.91 Å². The van der Waals surface area contributed by atoms with Crippen LogP contribution in [0.2, 0.25) is 0 Å². The summed E-state index contributed by atoms with van der Waals surface area (Å²) < 4.78 is 12.9. The Hall–Kier alpha value is -3.12. The first-order valence-corrected chi connectivity index (χ1v) is 8.72. The van der Waals surface area contributed by atoms with E-state index in [1.165, 1.54) is 53.5 Å². The van der Waals surface area contributed by atoms with Crippen molar-refractivity contribution in [1.29, 1.82) is 0 Å². The van der Waals surface area contributed by atoms with E-state index in [4.69, 9.17) is 0 Å². The van der Waals surface area contributed by atoms with Crippen molar-refractivity contribution in [1.82, 2.24) is 4.98 Å². The van der Waals surface area contributed by atoms with E-state index in [2.05, 4.69) is 4.98 Å². The van der Waals surface area contributed by atoms with Gasteiger partial charge < -0.3 is 0 Å². The molecule has 0 aliphatic carbocycles. The van der Waals surface area contributed by atoms with Gasteiger partial charge in [-0.1, -0.05) is 18.2 Å². The number of carbonyl (C=O) groups is 2. The normalized spacial score (nSPS) is 10.8. The molecule has 1 heterocycles. The van der Waals surface area contributed by atoms with Crippen molar-refractivity contribution in [2.45, 2.75) is 6.92 Å². The zero-order valence-electron chi connectivity index (χ0n) is 13.9. The molecule has 0 saturated carbocycles. The summed E-state index contributed by atoms with van der Waals surface area (Å²) in [6, 6.07) is 14.6. The Morgan fingerprint density at radius 3 is 2.42 bits per heavy atom. The number of hydrogen-bond donors (Lipinski definition) is 0. The summed E-state index contributed by atoms with van der Waals surface area (Å²) >= 11 is 1.31. The van der Waals surface area contributed by atoms with Crippen LogP contribution in [-0.2, 0) is 4.79 Å². The van der Waals surface area contributed by atoms with Crippen LogP contribution < -0.4 is 4.90 Å². The van der Waals surface area contributed by atoms with Gasteiger partial charge in [0.25, 0.3) is 0 Å². The first-order valence-electron chi connectivity index (χ1n) is 7.84. The highest BCUT2D eigenvalue weighted by atomic mass is 32.1. The van der Waals surface area contributed by atoms with Gasteiger partial charge >= 0.3 is 0 Å². The van der Waals surface area contributed by atoms with Gasteiger partial charge in [-0.2, -0.15) is 0 Å². The number of carbonyl (C=O) groups excluding carboxylic acids is 2. The number of thiazole rings is 1. The van der Waals surface area contributed by atoms with Gasteiger partial charge in [0.1, 0.15) is 5.82 Å². The molecule has 0 N–H and O–H groups in total. The van der Waals surface area contributed by atoms with Crippen LogP contribution >= 0.6 is 11.3 Å². The molecule has 130 valence electrons. The van der Waals surface area contributed by atoms with E-state index >= 15 is 0 Å². The molecule has 26 heavy (non-hydrogen) atoms. The van der Waals surface area contributed by atoms with Crippen molar-refractivity contribution in [3.63, 3.8) is 0 Å². The summed E-state index contributed by atoms with van der Waals surface area (Å²) in [6.07, 6.45) is 2.96. The lowest BCUT2D eigenvalue weighted by atomic mass is 10.1. The molecule has 3 aromatic rings. The molecule has 0 saturated heterocycles. The SMILES string of the molecule is CC(=O)N(c1ccccc1)c1nc(/C=C/C(=O)c2ccc(F)cc2)cs1. The zero-order chi connectivity index (χ0) is 18.5. The fourth-order valence-electron chi connectivity index (χ4n) is 2.33. The molecule has 4 nitrogen and oxygen atoms in total. The minimum Gasteiger partial charge on any atom is -0.289 e. The average Bonchev–Trinajstić information content (AvgIpc) is 3.09. The lowest BCUT2D eigenvalue weighted by molar-refractivity contribution is -0.115. The number of nitrogens with zero attached hydrogens (tertiary/aromatic N) is 2. The van der Waals surface area contributed by atoms with Crippen molar-refractivity contribution in [2.75, 3.05) is 4.90 Å². The summed E-state index contributed by atoms with van der Waals surface area (Å²) in [5.41, 5.74) is 1.70. The monoisotopic (exact) mass is 366 g/mol. The smallest absolute Gasteiger partial charge is 0.230 e. The molecule has 0 fully saturated rings. The molecule has 6 heteroatoms. The number of rotatable bonds is 5. The third-order valence-electron chi connectivity index (χ3n) is 3.56. The Labute approximate surface area is 154 Å². The van der Waals surface area contributed by atoms with Crippen molar-refractivity contribution in [2.24, 2.45) is 0 Å². The van der Waals surface area contributed by atoms with Crippen LogP contribution in [0.15, 0.2) is 66.1 Å². The fourth-order valence-corrected chi connectivity index (χ4v) is 3.19. The number of allylic oxidation sites excluding steroid dienone is 1. The molecular weight excluding hydrogens is 351 g/mol. The molecule has 0 aliphatic heterocycles. The maximum absolute atomic E-state index is 12.9. The first kappa shape index (κ1) is 17.7. The third kappa shape index (κ3) is 4.10. The molecule has 0 aliphatic rings. The quantitative estimate of drug-likeness (QED) is 0.478. The molecule has 2 aromatic carbocycles. The van der Waals surface area contributed by atoms with Gasteiger partial charge in [-0.05, 0) is 48.6 Å². The number of ketones is 1. The van der Waals surface area contributed by atoms with Gasteiger partial charge in [0.15, 0.2) is 10.9 Å². The van der Waals surface area contributed by atoms with Gasteiger partial charge in [-0.3, -0.25) is 14.5 Å². The second-order valence-electron chi connectivity index (χ2n) is 5.45. The van der Waals surface area contributed by atoms with E-state index in [1.54, 1.807) is 11.5 Å². The maximum Gasteiger partial charge on any atom is 0.230 e. The summed E-state index contributed by atoms with van der Waals surface area (Å²) in [7, 11) is 0. The van der Waals surface area contributed by atoms with Crippen molar-refractivity contribution >= 4 is 39.9 Å². The largest absolute Gasteiger partial charge is 0.289 e. The minimum atomic E-state index is -0.389. The Bertz CT molecular complexity index is 949. The Morgan fingerprint density at radius 1 is 1.08 bits per heavy atom. The van der Waals surface area contributed by atoms with Gasteiger partial charge in [-0.15, -0.1) is 11.3 Å². The molecule has 1 aromatic heterocycles. The van der Waals surface area contributed by atoms with E-state index in [0.717, 1.165) is 5.69 Å². The third-order valence-corrected chi connectivity index (χ3v) is 4.41. The number of benzene rings is 2. The minimum absolute atomic E-state index is 0.150. The predicted octanol–water partition coefficient (Wildman–Crippen LogP) is 4.86. The van der Waals surface area contributed by atoms with Crippen LogP contribution in [-0.4, -0.2) is 16.7 Å². The number of amides is 1. The first-order chi connectivity index (χ1) is 12.5. The van der Waals surface area contributed by atoms with Gasteiger partial charge in [0.05, 0.1) is 11.4 Å². The Morgan fingerprint density at radius 2 is 1.77 bits per heavy atom. The van der Waals surface area contributed by atoms with E-state index in [9.17, 15) is 14.0 Å². The number of aromatic nitrogens is 1. The van der Waals surface area contributed by atoms with E-state index in [-0.39, 0.29) is 17.5 Å². The lowest BCUT2D eigenvalue weighted by Gasteiger charge is -2.17. The van der Waals surface area contributed by atoms with Crippen molar-refractivity contribution in [3.05, 3.63) is 83.1 Å². The van der Waals surface area contributed by atoms with Crippen LogP contribution in [0.5, 0.6) is 0 Å². The van der Waals surface area contributed by atoms with Crippen molar-refractivity contribution < 1.29 is 14.0 Å². The summed E-state index contributed by atoms with van der Waals surface area (Å²) in [5.74, 6) is -0.783. The van der Waals surface area contributed by atoms with E-state index < -0.39 is 0 Å². The van der Waals surface area contributed by atoms with E-state index in [1.807, 2.05) is 30.3 Å². The Kier molecular flexibility index (Phi) is 5.34. The topological polar surface area (TPSA) is 50.3 Å². The van der Waals surface area contributed by atoms with Crippen LogP contribution in [0.3, 0.4) is 0 Å². The fraction of sp³-hybridized carbons (Fsp3) is 0.0500. The van der Waals surface area contributed by atoms with Crippen LogP contribution in [0.4, 0.5) is 15.2 Å².